The first-order valence-corrected chi connectivity index (χ1v) is 18.2. The Kier molecular flexibility index (Phi) is 11.4. The summed E-state index contributed by atoms with van der Waals surface area (Å²) in [5, 5.41) is 0. The summed E-state index contributed by atoms with van der Waals surface area (Å²) in [6, 6.07) is 25.3. The highest BCUT2D eigenvalue weighted by atomic mass is 32.2. The molecule has 0 heterocycles. The molecule has 2 atom stereocenters. The molecule has 0 saturated heterocycles. The molecule has 0 saturated carbocycles. The lowest BCUT2D eigenvalue weighted by atomic mass is 10.2. The number of hydrogen-bond donors (Lipinski definition) is 0. The zero-order chi connectivity index (χ0) is 33.5. The Morgan fingerprint density at radius 3 is 0.891 bits per heavy atom. The van der Waals surface area contributed by atoms with Crippen molar-refractivity contribution in [1.29, 1.82) is 0 Å². The molecule has 4 rings (SSSR count). The van der Waals surface area contributed by atoms with E-state index in [0.29, 0.717) is 48.0 Å². The van der Waals surface area contributed by atoms with Gasteiger partial charge in [0.25, 0.3) is 0 Å². The van der Waals surface area contributed by atoms with E-state index in [-0.39, 0.29) is 19.6 Å². The van der Waals surface area contributed by atoms with Crippen molar-refractivity contribution >= 4 is 19.7 Å². The molecule has 0 amide bonds. The minimum absolute atomic E-state index is 0.151. The SMILES string of the molecule is CC(C)COc1ccc(S(=O)(=O)c2ccc(OC(C)C(C)Oc3ccc(S(=O)(=O)c4ccc(OCC(C)C)cc4)cc3)cc2)cc1. The highest BCUT2D eigenvalue weighted by Crippen LogP contribution is 2.28. The van der Waals surface area contributed by atoms with E-state index < -0.39 is 31.9 Å². The van der Waals surface area contributed by atoms with Crippen LogP contribution in [0.2, 0.25) is 0 Å². The molecule has 2 unspecified atom stereocenters. The smallest absolute Gasteiger partial charge is 0.206 e. The molecule has 4 aromatic carbocycles. The Hall–Kier alpha value is -4.02. The fraction of sp³-hybridized carbons (Fsp3) is 0.333. The molecule has 0 aliphatic heterocycles. The van der Waals surface area contributed by atoms with Gasteiger partial charge in [-0.1, -0.05) is 27.7 Å². The van der Waals surface area contributed by atoms with Gasteiger partial charge in [0, 0.05) is 0 Å². The molecule has 0 aliphatic carbocycles. The molecule has 0 radical (unpaired) electrons. The molecular formula is C36H42O8S2. The third-order valence-corrected chi connectivity index (χ3v) is 10.6. The topological polar surface area (TPSA) is 105 Å². The van der Waals surface area contributed by atoms with Gasteiger partial charge in [-0.2, -0.15) is 0 Å². The predicted octanol–water partition coefficient (Wildman–Crippen LogP) is 7.66. The van der Waals surface area contributed by atoms with Crippen LogP contribution in [-0.2, 0) is 19.7 Å². The van der Waals surface area contributed by atoms with Crippen LogP contribution in [-0.4, -0.2) is 42.3 Å². The van der Waals surface area contributed by atoms with Crippen LogP contribution in [0.3, 0.4) is 0 Å². The molecule has 0 aromatic heterocycles. The van der Waals surface area contributed by atoms with Gasteiger partial charge in [0.1, 0.15) is 35.2 Å². The Morgan fingerprint density at radius 1 is 0.413 bits per heavy atom. The van der Waals surface area contributed by atoms with Crippen LogP contribution >= 0.6 is 0 Å². The second-order valence-electron chi connectivity index (χ2n) is 11.9. The number of benzene rings is 4. The van der Waals surface area contributed by atoms with E-state index >= 15 is 0 Å². The van der Waals surface area contributed by atoms with Crippen LogP contribution in [0.1, 0.15) is 41.5 Å². The molecular weight excluding hydrogens is 625 g/mol. The Bertz CT molecular complexity index is 1630. The van der Waals surface area contributed by atoms with E-state index in [9.17, 15) is 16.8 Å². The predicted molar refractivity (Wildman–Crippen MR) is 178 cm³/mol. The average Bonchev–Trinajstić information content (AvgIpc) is 3.03. The summed E-state index contributed by atoms with van der Waals surface area (Å²) in [5.74, 6) is 2.95. The van der Waals surface area contributed by atoms with E-state index in [1.54, 1.807) is 72.8 Å². The Balaban J connectivity index is 1.33. The first-order chi connectivity index (χ1) is 21.8. The van der Waals surface area contributed by atoms with Crippen LogP contribution in [0.4, 0.5) is 0 Å². The van der Waals surface area contributed by atoms with Crippen molar-refractivity contribution in [2.24, 2.45) is 11.8 Å². The van der Waals surface area contributed by atoms with Crippen molar-refractivity contribution in [3.8, 4) is 23.0 Å². The second kappa shape index (κ2) is 15.0. The highest BCUT2D eigenvalue weighted by molar-refractivity contribution is 7.91. The number of ether oxygens (including phenoxy) is 4. The van der Waals surface area contributed by atoms with Crippen molar-refractivity contribution in [1.82, 2.24) is 0 Å². The monoisotopic (exact) mass is 666 g/mol. The zero-order valence-electron chi connectivity index (χ0n) is 27.0. The van der Waals surface area contributed by atoms with Gasteiger partial charge in [-0.15, -0.1) is 0 Å². The van der Waals surface area contributed by atoms with Gasteiger partial charge >= 0.3 is 0 Å². The van der Waals surface area contributed by atoms with E-state index in [2.05, 4.69) is 0 Å². The molecule has 0 spiro atoms. The number of rotatable bonds is 15. The van der Waals surface area contributed by atoms with E-state index in [0.717, 1.165) is 0 Å². The van der Waals surface area contributed by atoms with Crippen LogP contribution < -0.4 is 18.9 Å². The first kappa shape index (κ1) is 34.8. The Morgan fingerprint density at radius 2 is 0.652 bits per heavy atom. The summed E-state index contributed by atoms with van der Waals surface area (Å²) >= 11 is 0. The van der Waals surface area contributed by atoms with Crippen molar-refractivity contribution in [2.45, 2.75) is 73.3 Å². The maximum atomic E-state index is 13.1. The third kappa shape index (κ3) is 9.04. The number of sulfone groups is 2. The molecule has 46 heavy (non-hydrogen) atoms. The minimum Gasteiger partial charge on any atom is -0.493 e. The van der Waals surface area contributed by atoms with Crippen molar-refractivity contribution < 1.29 is 35.8 Å². The molecule has 246 valence electrons. The van der Waals surface area contributed by atoms with Crippen molar-refractivity contribution in [2.75, 3.05) is 13.2 Å². The van der Waals surface area contributed by atoms with E-state index in [1.807, 2.05) is 41.5 Å². The molecule has 4 aromatic rings. The second-order valence-corrected chi connectivity index (χ2v) is 15.8. The normalized spacial score (nSPS) is 13.3. The fourth-order valence-corrected chi connectivity index (χ4v) is 6.77. The largest absolute Gasteiger partial charge is 0.493 e. The van der Waals surface area contributed by atoms with Crippen molar-refractivity contribution in [3.05, 3.63) is 97.1 Å². The van der Waals surface area contributed by atoms with Gasteiger partial charge in [-0.3, -0.25) is 0 Å². The van der Waals surface area contributed by atoms with Gasteiger partial charge < -0.3 is 18.9 Å². The summed E-state index contributed by atoms with van der Waals surface area (Å²) in [5.41, 5.74) is 0. The summed E-state index contributed by atoms with van der Waals surface area (Å²) < 4.78 is 75.9. The first-order valence-electron chi connectivity index (χ1n) is 15.2. The third-order valence-electron chi connectivity index (χ3n) is 7.01. The summed E-state index contributed by atoms with van der Waals surface area (Å²) in [4.78, 5) is 0.657. The quantitative estimate of drug-likeness (QED) is 0.127. The van der Waals surface area contributed by atoms with Gasteiger partial charge in [0.15, 0.2) is 0 Å². The minimum atomic E-state index is -3.71. The van der Waals surface area contributed by atoms with Gasteiger partial charge in [-0.25, -0.2) is 16.8 Å². The number of hydrogen-bond acceptors (Lipinski definition) is 8. The average molecular weight is 667 g/mol. The maximum absolute atomic E-state index is 13.1. The van der Waals surface area contributed by atoms with Gasteiger partial charge in [0.2, 0.25) is 19.7 Å². The molecule has 8 nitrogen and oxygen atoms in total. The highest BCUT2D eigenvalue weighted by Gasteiger charge is 2.21. The molecule has 0 aliphatic rings. The molecule has 10 heteroatoms. The lowest BCUT2D eigenvalue weighted by molar-refractivity contribution is 0.0778. The summed E-state index contributed by atoms with van der Waals surface area (Å²) in [7, 11) is -7.43. The van der Waals surface area contributed by atoms with E-state index in [1.165, 1.54) is 24.3 Å². The summed E-state index contributed by atoms with van der Waals surface area (Å²) in [6.45, 7) is 13.0. The van der Waals surface area contributed by atoms with E-state index in [4.69, 9.17) is 18.9 Å². The fourth-order valence-electron chi connectivity index (χ4n) is 4.24. The molecule has 0 fully saturated rings. The van der Waals surface area contributed by atoms with Crippen LogP contribution in [0.15, 0.2) is 117 Å². The Labute approximate surface area is 273 Å². The van der Waals surface area contributed by atoms with Crippen LogP contribution in [0.25, 0.3) is 0 Å². The zero-order valence-corrected chi connectivity index (χ0v) is 28.7. The lowest BCUT2D eigenvalue weighted by Crippen LogP contribution is -2.31. The van der Waals surface area contributed by atoms with Gasteiger partial charge in [-0.05, 0) is 123 Å². The summed E-state index contributed by atoms with van der Waals surface area (Å²) in [6.07, 6.45) is -0.804. The maximum Gasteiger partial charge on any atom is 0.206 e. The van der Waals surface area contributed by atoms with Gasteiger partial charge in [0.05, 0.1) is 32.8 Å². The molecule has 0 bridgehead atoms. The molecule has 0 N–H and O–H groups in total. The van der Waals surface area contributed by atoms with Crippen LogP contribution in [0.5, 0.6) is 23.0 Å². The van der Waals surface area contributed by atoms with Crippen LogP contribution in [0, 0.1) is 11.8 Å². The van der Waals surface area contributed by atoms with Crippen molar-refractivity contribution in [3.63, 3.8) is 0 Å². The standard InChI is InChI=1S/C36H42O8S2/c1-25(2)23-41-29-7-15-33(16-8-29)45(37,38)35-19-11-31(12-20-35)43-27(5)28(6)44-32-13-21-36(22-14-32)46(39,40)34-17-9-30(10-18-34)42-24-26(3)4/h7-22,25-28H,23-24H2,1-6H3. The lowest BCUT2D eigenvalue weighted by Gasteiger charge is -2.23.